The topological polar surface area (TPSA) is 104 Å². The molecule has 24 heavy (non-hydrogen) atoms. The number of nitrogens with one attached hydrogen (secondary N) is 1. The summed E-state index contributed by atoms with van der Waals surface area (Å²) in [6, 6.07) is 5.90. The van der Waals surface area contributed by atoms with Crippen LogP contribution in [0.25, 0.3) is 0 Å². The van der Waals surface area contributed by atoms with Crippen molar-refractivity contribution in [2.45, 2.75) is 24.6 Å². The van der Waals surface area contributed by atoms with Gasteiger partial charge in [0, 0.05) is 22.7 Å². The number of halogens is 1. The van der Waals surface area contributed by atoms with Gasteiger partial charge in [-0.3, -0.25) is 14.4 Å². The first-order chi connectivity index (χ1) is 11.3. The average Bonchev–Trinajstić information content (AvgIpc) is 2.78. The van der Waals surface area contributed by atoms with Crippen LogP contribution in [0.1, 0.15) is 13.3 Å². The van der Waals surface area contributed by atoms with Crippen molar-refractivity contribution < 1.29 is 24.3 Å². The predicted molar refractivity (Wildman–Crippen MR) is 97.8 cm³/mol. The molecule has 1 heterocycles. The van der Waals surface area contributed by atoms with E-state index in [1.165, 1.54) is 6.92 Å². The van der Waals surface area contributed by atoms with Crippen molar-refractivity contribution in [3.05, 3.63) is 27.8 Å². The quantitative estimate of drug-likeness (QED) is 0.487. The first kappa shape index (κ1) is 18.7. The maximum Gasteiger partial charge on any atom is 0.327 e. The van der Waals surface area contributed by atoms with Crippen molar-refractivity contribution >= 4 is 63.7 Å². The Bertz CT molecular complexity index is 679. The third kappa shape index (κ3) is 4.47. The molecule has 0 saturated carbocycles. The normalized spacial score (nSPS) is 18.6. The molecule has 1 aliphatic heterocycles. The number of carboxylic acids is 1. The number of hydrogen-bond acceptors (Lipinski definition) is 5. The zero-order chi connectivity index (χ0) is 17.9. The third-order valence-electron chi connectivity index (χ3n) is 3.33. The number of carbonyl (C=O) groups excluding carboxylic acids is 3. The van der Waals surface area contributed by atoms with E-state index in [1.807, 2.05) is 0 Å². The van der Waals surface area contributed by atoms with Gasteiger partial charge in [-0.1, -0.05) is 0 Å². The van der Waals surface area contributed by atoms with Crippen LogP contribution in [0.3, 0.4) is 0 Å². The Kier molecular flexibility index (Phi) is 6.21. The molecule has 1 fully saturated rings. The molecule has 0 aromatic heterocycles. The van der Waals surface area contributed by atoms with Crippen LogP contribution in [0.5, 0.6) is 0 Å². The number of thioether (sulfide) groups is 1. The number of carboxylic acid groups (broad SMARTS) is 1. The molecule has 1 aliphatic rings. The van der Waals surface area contributed by atoms with Crippen LogP contribution >= 0.6 is 34.4 Å². The van der Waals surface area contributed by atoms with Gasteiger partial charge in [-0.2, -0.15) is 0 Å². The van der Waals surface area contributed by atoms with Crippen molar-refractivity contribution in [1.29, 1.82) is 0 Å². The molecule has 0 aliphatic carbocycles. The Labute approximate surface area is 156 Å². The molecule has 0 spiro atoms. The number of nitrogens with zero attached hydrogens (tertiary/aromatic N) is 1. The van der Waals surface area contributed by atoms with Crippen LogP contribution in [0, 0.1) is 3.57 Å². The van der Waals surface area contributed by atoms with Gasteiger partial charge in [0.25, 0.3) is 0 Å². The van der Waals surface area contributed by atoms with E-state index in [9.17, 15) is 19.2 Å². The van der Waals surface area contributed by atoms with Crippen LogP contribution in [-0.4, -0.2) is 45.8 Å². The van der Waals surface area contributed by atoms with Crippen LogP contribution in [-0.2, 0) is 19.2 Å². The molecule has 1 aromatic carbocycles. The lowest BCUT2D eigenvalue weighted by molar-refractivity contribution is -0.140. The number of benzene rings is 1. The van der Waals surface area contributed by atoms with Crippen LogP contribution in [0.15, 0.2) is 24.3 Å². The molecule has 9 heteroatoms. The van der Waals surface area contributed by atoms with Crippen molar-refractivity contribution in [2.75, 3.05) is 10.7 Å². The molecule has 3 amide bonds. The zero-order valence-electron chi connectivity index (χ0n) is 12.7. The summed E-state index contributed by atoms with van der Waals surface area (Å²) in [7, 11) is 0. The Balaban J connectivity index is 2.04. The van der Waals surface area contributed by atoms with Gasteiger partial charge in [0.05, 0.1) is 10.9 Å². The highest BCUT2D eigenvalue weighted by Crippen LogP contribution is 2.30. The fourth-order valence-corrected chi connectivity index (χ4v) is 3.75. The third-order valence-corrected chi connectivity index (χ3v) is 5.35. The van der Waals surface area contributed by atoms with E-state index in [0.717, 1.165) is 20.2 Å². The van der Waals surface area contributed by atoms with Gasteiger partial charge in [0.2, 0.25) is 17.7 Å². The number of rotatable bonds is 6. The summed E-state index contributed by atoms with van der Waals surface area (Å²) < 4.78 is 0.987. The second kappa shape index (κ2) is 7.97. The lowest BCUT2D eigenvalue weighted by Crippen LogP contribution is -2.42. The minimum absolute atomic E-state index is 0.0130. The molecule has 1 saturated heterocycles. The fraction of sp³-hybridized carbons (Fsp3) is 0.333. The monoisotopic (exact) mass is 462 g/mol. The van der Waals surface area contributed by atoms with Crippen molar-refractivity contribution in [3.8, 4) is 0 Å². The van der Waals surface area contributed by atoms with Crippen molar-refractivity contribution in [1.82, 2.24) is 5.32 Å². The van der Waals surface area contributed by atoms with E-state index >= 15 is 0 Å². The van der Waals surface area contributed by atoms with Gasteiger partial charge >= 0.3 is 5.97 Å². The Morgan fingerprint density at radius 1 is 1.38 bits per heavy atom. The predicted octanol–water partition coefficient (Wildman–Crippen LogP) is 1.25. The SMILES string of the molecule is CC(=O)NC(CSC1CC(=O)N(c2ccc(I)cc2)C1=O)C(=O)O. The van der Waals surface area contributed by atoms with E-state index in [2.05, 4.69) is 27.9 Å². The molecule has 1 aromatic rings. The highest BCUT2D eigenvalue weighted by atomic mass is 127. The number of aliphatic carboxylic acids is 1. The van der Waals surface area contributed by atoms with Gasteiger partial charge in [0.1, 0.15) is 6.04 Å². The highest BCUT2D eigenvalue weighted by Gasteiger charge is 2.40. The minimum atomic E-state index is -1.18. The summed E-state index contributed by atoms with van der Waals surface area (Å²) in [5.74, 6) is -2.30. The van der Waals surface area contributed by atoms with Gasteiger partial charge < -0.3 is 10.4 Å². The van der Waals surface area contributed by atoms with Crippen molar-refractivity contribution in [2.24, 2.45) is 0 Å². The maximum atomic E-state index is 12.5. The minimum Gasteiger partial charge on any atom is -0.480 e. The molecule has 2 unspecified atom stereocenters. The number of amides is 3. The second-order valence-electron chi connectivity index (χ2n) is 5.16. The summed E-state index contributed by atoms with van der Waals surface area (Å²) in [5, 5.41) is 10.7. The zero-order valence-corrected chi connectivity index (χ0v) is 15.7. The Morgan fingerprint density at radius 3 is 2.54 bits per heavy atom. The first-order valence-corrected chi connectivity index (χ1v) is 9.16. The van der Waals surface area contributed by atoms with Crippen molar-refractivity contribution in [3.63, 3.8) is 0 Å². The molecule has 2 rings (SSSR count). The number of carbonyl (C=O) groups is 4. The molecular weight excluding hydrogens is 447 g/mol. The molecule has 2 N–H and O–H groups in total. The average molecular weight is 462 g/mol. The summed E-state index contributed by atoms with van der Waals surface area (Å²) in [4.78, 5) is 47.9. The van der Waals surface area contributed by atoms with E-state index in [4.69, 9.17) is 5.11 Å². The van der Waals surface area contributed by atoms with Crippen LogP contribution in [0.2, 0.25) is 0 Å². The fourth-order valence-electron chi connectivity index (χ4n) is 2.23. The van der Waals surface area contributed by atoms with Crippen LogP contribution in [0.4, 0.5) is 5.69 Å². The summed E-state index contributed by atoms with van der Waals surface area (Å²) in [6.07, 6.45) is 0.0158. The smallest absolute Gasteiger partial charge is 0.327 e. The summed E-state index contributed by atoms with van der Waals surface area (Å²) in [5.41, 5.74) is 0.505. The molecular formula is C15H15IN2O5S. The number of anilines is 1. The first-order valence-electron chi connectivity index (χ1n) is 7.03. The van der Waals surface area contributed by atoms with Gasteiger partial charge in [-0.25, -0.2) is 9.69 Å². The van der Waals surface area contributed by atoms with Crippen LogP contribution < -0.4 is 10.2 Å². The number of imide groups is 1. The number of hydrogen-bond donors (Lipinski definition) is 2. The van der Waals surface area contributed by atoms with Gasteiger partial charge in [-0.05, 0) is 46.9 Å². The Hall–Kier alpha value is -1.62. The van der Waals surface area contributed by atoms with E-state index in [-0.39, 0.29) is 24.0 Å². The molecule has 0 bridgehead atoms. The molecule has 7 nitrogen and oxygen atoms in total. The maximum absolute atomic E-state index is 12.5. The second-order valence-corrected chi connectivity index (χ2v) is 7.64. The highest BCUT2D eigenvalue weighted by molar-refractivity contribution is 14.1. The summed E-state index contributed by atoms with van der Waals surface area (Å²) in [6.45, 7) is 1.23. The molecule has 128 valence electrons. The van der Waals surface area contributed by atoms with E-state index < -0.39 is 23.2 Å². The van der Waals surface area contributed by atoms with Gasteiger partial charge in [0.15, 0.2) is 0 Å². The molecule has 2 atom stereocenters. The van der Waals surface area contributed by atoms with Gasteiger partial charge in [-0.15, -0.1) is 11.8 Å². The standard InChI is InChI=1S/C15H15IN2O5S/c1-8(19)17-11(15(22)23)7-24-12-6-13(20)18(14(12)21)10-4-2-9(16)3-5-10/h2-5,11-12H,6-7H2,1H3,(H,17,19)(H,22,23). The lowest BCUT2D eigenvalue weighted by Gasteiger charge is -2.16. The largest absolute Gasteiger partial charge is 0.480 e. The Morgan fingerprint density at radius 2 is 2.00 bits per heavy atom. The molecule has 0 radical (unpaired) electrons. The van der Waals surface area contributed by atoms with E-state index in [0.29, 0.717) is 5.69 Å². The summed E-state index contributed by atoms with van der Waals surface area (Å²) >= 11 is 3.19. The lowest BCUT2D eigenvalue weighted by atomic mass is 10.3. The van der Waals surface area contributed by atoms with E-state index in [1.54, 1.807) is 24.3 Å².